The summed E-state index contributed by atoms with van der Waals surface area (Å²) in [7, 11) is -0.905. The monoisotopic (exact) mass is 230 g/mol. The van der Waals surface area contributed by atoms with Crippen LogP contribution in [-0.2, 0) is 14.0 Å². The van der Waals surface area contributed by atoms with E-state index in [9.17, 15) is 4.79 Å². The Morgan fingerprint density at radius 1 is 1.27 bits per heavy atom. The van der Waals surface area contributed by atoms with Crippen molar-refractivity contribution in [3.05, 3.63) is 12.2 Å². The minimum Gasteiger partial charge on any atom is -0.418 e. The Labute approximate surface area is 94.2 Å². The molecule has 0 N–H and O–H groups in total. The number of hydrogen-bond donors (Lipinski definition) is 0. The van der Waals surface area contributed by atoms with Gasteiger partial charge in [-0.2, -0.15) is 0 Å². The second-order valence-corrected chi connectivity index (χ2v) is 6.27. The highest BCUT2D eigenvalue weighted by Gasteiger charge is 2.01. The number of rotatable bonds is 9. The highest BCUT2D eigenvalue weighted by atomic mass is 28.3. The number of ketones is 1. The molecule has 0 spiro atoms. The van der Waals surface area contributed by atoms with Crippen molar-refractivity contribution in [2.75, 3.05) is 19.8 Å². The van der Waals surface area contributed by atoms with Crippen LogP contribution in [0.5, 0.6) is 0 Å². The van der Waals surface area contributed by atoms with Gasteiger partial charge in [-0.3, -0.25) is 4.79 Å². The summed E-state index contributed by atoms with van der Waals surface area (Å²) in [6.45, 7) is 11.5. The maximum atomic E-state index is 11.1. The van der Waals surface area contributed by atoms with Gasteiger partial charge in [-0.15, -0.1) is 0 Å². The summed E-state index contributed by atoms with van der Waals surface area (Å²) >= 11 is 0. The molecule has 0 aliphatic rings. The van der Waals surface area contributed by atoms with Crippen LogP contribution in [0.1, 0.15) is 19.8 Å². The topological polar surface area (TPSA) is 35.5 Å². The SMILES string of the molecule is C=C(C)C(=O)CCCOCCO[SiH](C)C. The summed E-state index contributed by atoms with van der Waals surface area (Å²) in [5.41, 5.74) is 0.629. The van der Waals surface area contributed by atoms with E-state index in [0.717, 1.165) is 6.42 Å². The van der Waals surface area contributed by atoms with Gasteiger partial charge >= 0.3 is 0 Å². The van der Waals surface area contributed by atoms with E-state index in [-0.39, 0.29) is 5.78 Å². The fourth-order valence-electron chi connectivity index (χ4n) is 0.993. The van der Waals surface area contributed by atoms with Gasteiger partial charge in [-0.25, -0.2) is 0 Å². The zero-order valence-corrected chi connectivity index (χ0v) is 11.2. The quantitative estimate of drug-likeness (QED) is 0.345. The fraction of sp³-hybridized carbons (Fsp3) is 0.727. The van der Waals surface area contributed by atoms with Crippen LogP contribution < -0.4 is 0 Å². The van der Waals surface area contributed by atoms with Crippen LogP contribution >= 0.6 is 0 Å². The molecular formula is C11H22O3Si. The normalized spacial score (nSPS) is 10.7. The first-order valence-corrected chi connectivity index (χ1v) is 8.20. The van der Waals surface area contributed by atoms with E-state index in [1.165, 1.54) is 0 Å². The zero-order valence-electron chi connectivity index (χ0n) is 10.0. The predicted octanol–water partition coefficient (Wildman–Crippen LogP) is 1.93. The number of allylic oxidation sites excluding steroid dienone is 1. The molecular weight excluding hydrogens is 208 g/mol. The summed E-state index contributed by atoms with van der Waals surface area (Å²) in [6, 6.07) is 0. The second-order valence-electron chi connectivity index (χ2n) is 3.84. The standard InChI is InChI=1S/C11H22O3Si/c1-10(2)11(12)6-5-7-13-8-9-14-15(3)4/h15H,1,5-9H2,2-4H3. The van der Waals surface area contributed by atoms with Crippen molar-refractivity contribution < 1.29 is 14.0 Å². The van der Waals surface area contributed by atoms with Gasteiger partial charge in [0.15, 0.2) is 14.8 Å². The summed E-state index contributed by atoms with van der Waals surface area (Å²) < 4.78 is 10.8. The Morgan fingerprint density at radius 3 is 2.47 bits per heavy atom. The van der Waals surface area contributed by atoms with Crippen molar-refractivity contribution in [2.24, 2.45) is 0 Å². The first-order valence-electron chi connectivity index (χ1n) is 5.42. The Bertz CT molecular complexity index is 202. The molecule has 0 atom stereocenters. The van der Waals surface area contributed by atoms with Gasteiger partial charge in [-0.1, -0.05) is 6.58 Å². The number of Topliss-reactive ketones (excluding diaryl/α,β-unsaturated/α-hetero) is 1. The first kappa shape index (κ1) is 14.5. The summed E-state index contributed by atoms with van der Waals surface area (Å²) in [5.74, 6) is 0.129. The molecule has 0 unspecified atom stereocenters. The molecule has 4 heteroatoms. The zero-order chi connectivity index (χ0) is 11.7. The van der Waals surface area contributed by atoms with E-state index >= 15 is 0 Å². The summed E-state index contributed by atoms with van der Waals surface area (Å²) in [6.07, 6.45) is 1.31. The Balaban J connectivity index is 3.18. The molecule has 0 aromatic heterocycles. The minimum atomic E-state index is -0.905. The molecule has 0 fully saturated rings. The van der Waals surface area contributed by atoms with Gasteiger partial charge < -0.3 is 9.16 Å². The molecule has 0 saturated heterocycles. The van der Waals surface area contributed by atoms with Crippen molar-refractivity contribution in [2.45, 2.75) is 32.9 Å². The Hall–Kier alpha value is -0.453. The molecule has 15 heavy (non-hydrogen) atoms. The molecule has 88 valence electrons. The van der Waals surface area contributed by atoms with E-state index in [0.29, 0.717) is 31.8 Å². The van der Waals surface area contributed by atoms with Crippen molar-refractivity contribution >= 4 is 14.8 Å². The van der Waals surface area contributed by atoms with Gasteiger partial charge in [0.1, 0.15) is 0 Å². The second kappa shape index (κ2) is 8.82. The molecule has 0 bridgehead atoms. The van der Waals surface area contributed by atoms with Crippen molar-refractivity contribution in [3.63, 3.8) is 0 Å². The molecule has 0 aliphatic heterocycles. The fourth-order valence-corrected chi connectivity index (χ4v) is 1.56. The van der Waals surface area contributed by atoms with Crippen molar-refractivity contribution in [1.82, 2.24) is 0 Å². The minimum absolute atomic E-state index is 0.129. The molecule has 0 rings (SSSR count). The van der Waals surface area contributed by atoms with E-state index in [2.05, 4.69) is 19.7 Å². The average molecular weight is 230 g/mol. The molecule has 0 heterocycles. The van der Waals surface area contributed by atoms with Crippen LogP contribution in [0.4, 0.5) is 0 Å². The van der Waals surface area contributed by atoms with Gasteiger partial charge in [0, 0.05) is 13.0 Å². The maximum absolute atomic E-state index is 11.1. The Kier molecular flexibility index (Phi) is 8.56. The number of carbonyl (C=O) groups excluding carboxylic acids is 1. The molecule has 0 radical (unpaired) electrons. The number of ether oxygens (including phenoxy) is 1. The van der Waals surface area contributed by atoms with Gasteiger partial charge in [-0.05, 0) is 32.0 Å². The lowest BCUT2D eigenvalue weighted by Crippen LogP contribution is -2.13. The lowest BCUT2D eigenvalue weighted by molar-refractivity contribution is -0.115. The highest BCUT2D eigenvalue weighted by Crippen LogP contribution is 1.99. The predicted molar refractivity (Wildman–Crippen MR) is 64.7 cm³/mol. The maximum Gasteiger partial charge on any atom is 0.171 e. The van der Waals surface area contributed by atoms with Crippen LogP contribution in [0.3, 0.4) is 0 Å². The lowest BCUT2D eigenvalue weighted by Gasteiger charge is -2.07. The lowest BCUT2D eigenvalue weighted by atomic mass is 10.1. The molecule has 0 amide bonds. The van der Waals surface area contributed by atoms with Crippen LogP contribution in [0.25, 0.3) is 0 Å². The third-order valence-electron chi connectivity index (χ3n) is 1.85. The molecule has 0 aromatic carbocycles. The molecule has 0 aromatic rings. The average Bonchev–Trinajstić information content (AvgIpc) is 2.15. The summed E-state index contributed by atoms with van der Waals surface area (Å²) in [5, 5.41) is 0. The first-order chi connectivity index (χ1) is 7.04. The molecule has 0 aliphatic carbocycles. The third kappa shape index (κ3) is 9.84. The van der Waals surface area contributed by atoms with Crippen LogP contribution in [0.2, 0.25) is 13.1 Å². The molecule has 3 nitrogen and oxygen atoms in total. The molecule has 0 saturated carbocycles. The largest absolute Gasteiger partial charge is 0.418 e. The third-order valence-corrected chi connectivity index (χ3v) is 2.75. The van der Waals surface area contributed by atoms with E-state index in [4.69, 9.17) is 9.16 Å². The van der Waals surface area contributed by atoms with E-state index < -0.39 is 9.04 Å². The van der Waals surface area contributed by atoms with Crippen LogP contribution in [0, 0.1) is 0 Å². The Morgan fingerprint density at radius 2 is 1.93 bits per heavy atom. The van der Waals surface area contributed by atoms with Gasteiger partial charge in [0.05, 0.1) is 13.2 Å². The highest BCUT2D eigenvalue weighted by molar-refractivity contribution is 6.48. The van der Waals surface area contributed by atoms with Gasteiger partial charge in [0.25, 0.3) is 0 Å². The number of carbonyl (C=O) groups is 1. The van der Waals surface area contributed by atoms with Crippen molar-refractivity contribution in [1.29, 1.82) is 0 Å². The summed E-state index contributed by atoms with van der Waals surface area (Å²) in [4.78, 5) is 11.1. The van der Waals surface area contributed by atoms with Crippen LogP contribution in [0.15, 0.2) is 12.2 Å². The smallest absolute Gasteiger partial charge is 0.171 e. The van der Waals surface area contributed by atoms with E-state index in [1.807, 2.05) is 0 Å². The van der Waals surface area contributed by atoms with Crippen LogP contribution in [-0.4, -0.2) is 34.6 Å². The van der Waals surface area contributed by atoms with E-state index in [1.54, 1.807) is 6.92 Å². The number of hydrogen-bond acceptors (Lipinski definition) is 3. The van der Waals surface area contributed by atoms with Crippen molar-refractivity contribution in [3.8, 4) is 0 Å². The van der Waals surface area contributed by atoms with Gasteiger partial charge in [0.2, 0.25) is 0 Å².